The molecule has 0 atom stereocenters. The zero-order chi connectivity index (χ0) is 22.7. The van der Waals surface area contributed by atoms with Crippen LogP contribution in [0.4, 0.5) is 0 Å². The largest absolute Gasteiger partial charge is 0.497 e. The summed E-state index contributed by atoms with van der Waals surface area (Å²) in [7, 11) is 6.24. The highest BCUT2D eigenvalue weighted by atomic mass is 16.5. The molecule has 32 heavy (non-hydrogen) atoms. The number of fused-ring (bicyclic) bond motifs is 1. The molecular weight excluding hydrogens is 414 g/mol. The van der Waals surface area contributed by atoms with Gasteiger partial charge in [-0.15, -0.1) is 0 Å². The number of rotatable bonds is 8. The Balaban J connectivity index is 1.51. The number of nitrogens with one attached hydrogen (secondary N) is 3. The molecule has 4 aromatic rings. The van der Waals surface area contributed by atoms with E-state index in [9.17, 15) is 4.79 Å². The molecule has 0 aliphatic carbocycles. The average molecular weight is 437 g/mol. The van der Waals surface area contributed by atoms with Crippen molar-refractivity contribution in [2.75, 3.05) is 28.4 Å². The number of hydrogen-bond acceptors (Lipinski definition) is 7. The molecule has 0 saturated carbocycles. The lowest BCUT2D eigenvalue weighted by molar-refractivity contribution is 0.0945. The Morgan fingerprint density at radius 3 is 2.38 bits per heavy atom. The van der Waals surface area contributed by atoms with E-state index in [2.05, 4.69) is 25.5 Å². The first kappa shape index (κ1) is 21.0. The first-order chi connectivity index (χ1) is 15.6. The highest BCUT2D eigenvalue weighted by Gasteiger charge is 2.19. The molecule has 0 unspecified atom stereocenters. The zero-order valence-corrected chi connectivity index (χ0v) is 18.1. The normalized spacial score (nSPS) is 10.8. The lowest BCUT2D eigenvalue weighted by Gasteiger charge is -2.11. The minimum atomic E-state index is -0.313. The van der Waals surface area contributed by atoms with E-state index in [-0.39, 0.29) is 12.5 Å². The van der Waals surface area contributed by atoms with Crippen LogP contribution in [0.2, 0.25) is 0 Å². The maximum absolute atomic E-state index is 12.8. The smallest absolute Gasteiger partial charge is 0.268 e. The molecular formula is C22H23N5O5. The Morgan fingerprint density at radius 1 is 0.969 bits per heavy atom. The summed E-state index contributed by atoms with van der Waals surface area (Å²) in [5.41, 5.74) is 1.79. The Labute approximate surface area is 183 Å². The molecule has 0 aliphatic rings. The number of hydrogen-bond donors (Lipinski definition) is 3. The topological polar surface area (TPSA) is 123 Å². The number of amides is 1. The molecule has 0 radical (unpaired) electrons. The Morgan fingerprint density at radius 2 is 1.72 bits per heavy atom. The number of ether oxygens (including phenoxy) is 4. The monoisotopic (exact) mass is 437 g/mol. The molecule has 2 heterocycles. The van der Waals surface area contributed by atoms with Crippen molar-refractivity contribution in [2.24, 2.45) is 0 Å². The number of carbonyl (C=O) groups is 1. The SMILES string of the molecule is COc1ccc(-c2n[nH]c(CNC(=O)c3cc4c(OC)cc(OC)c(OC)c4[nH]3)n2)cc1. The number of aromatic amines is 2. The second-order valence-corrected chi connectivity index (χ2v) is 6.80. The molecule has 1 amide bonds. The minimum Gasteiger partial charge on any atom is -0.497 e. The first-order valence-electron chi connectivity index (χ1n) is 9.73. The first-order valence-corrected chi connectivity index (χ1v) is 9.73. The maximum atomic E-state index is 12.8. The minimum absolute atomic E-state index is 0.176. The van der Waals surface area contributed by atoms with E-state index in [4.69, 9.17) is 18.9 Å². The Bertz CT molecular complexity index is 1250. The molecule has 3 N–H and O–H groups in total. The quantitative estimate of drug-likeness (QED) is 0.387. The van der Waals surface area contributed by atoms with Crippen LogP contribution in [-0.4, -0.2) is 54.5 Å². The van der Waals surface area contributed by atoms with Gasteiger partial charge in [0.05, 0.1) is 40.5 Å². The van der Waals surface area contributed by atoms with Gasteiger partial charge in [-0.1, -0.05) is 0 Å². The van der Waals surface area contributed by atoms with E-state index in [0.29, 0.717) is 45.5 Å². The number of carbonyl (C=O) groups excluding carboxylic acids is 1. The van der Waals surface area contributed by atoms with E-state index in [0.717, 1.165) is 11.3 Å². The van der Waals surface area contributed by atoms with Gasteiger partial charge in [0.25, 0.3) is 5.91 Å². The standard InChI is InChI=1S/C22H23N5O5/c1-29-13-7-5-12(6-8-13)21-25-18(26-27-21)11-23-22(28)15-9-14-16(30-2)10-17(31-3)20(32-4)19(14)24-15/h5-10,24H,11H2,1-4H3,(H,23,28)(H,25,26,27). The van der Waals surface area contributed by atoms with Crippen molar-refractivity contribution in [3.8, 4) is 34.4 Å². The number of aromatic nitrogens is 4. The molecule has 4 rings (SSSR count). The lowest BCUT2D eigenvalue weighted by atomic mass is 10.2. The van der Waals surface area contributed by atoms with Crippen molar-refractivity contribution in [2.45, 2.75) is 6.54 Å². The van der Waals surface area contributed by atoms with Gasteiger partial charge in [0.2, 0.25) is 0 Å². The van der Waals surface area contributed by atoms with Crippen LogP contribution in [0.15, 0.2) is 36.4 Å². The van der Waals surface area contributed by atoms with Crippen LogP contribution in [0.3, 0.4) is 0 Å². The third-order valence-electron chi connectivity index (χ3n) is 4.98. The number of H-pyrrole nitrogens is 2. The summed E-state index contributed by atoms with van der Waals surface area (Å²) in [6.45, 7) is 0.176. The van der Waals surface area contributed by atoms with Crippen LogP contribution in [-0.2, 0) is 6.54 Å². The lowest BCUT2D eigenvalue weighted by Crippen LogP contribution is -2.23. The third-order valence-corrected chi connectivity index (χ3v) is 4.98. The average Bonchev–Trinajstić information content (AvgIpc) is 3.49. The number of benzene rings is 2. The van der Waals surface area contributed by atoms with Crippen molar-refractivity contribution in [1.82, 2.24) is 25.5 Å². The van der Waals surface area contributed by atoms with Gasteiger partial charge in [0.1, 0.15) is 23.0 Å². The predicted octanol–water partition coefficient (Wildman–Crippen LogP) is 2.92. The summed E-state index contributed by atoms with van der Waals surface area (Å²) in [5.74, 6) is 3.04. The van der Waals surface area contributed by atoms with Crippen LogP contribution in [0.5, 0.6) is 23.0 Å². The second kappa shape index (κ2) is 8.88. The van der Waals surface area contributed by atoms with Crippen molar-refractivity contribution in [1.29, 1.82) is 0 Å². The van der Waals surface area contributed by atoms with Gasteiger partial charge in [-0.25, -0.2) is 4.98 Å². The summed E-state index contributed by atoms with van der Waals surface area (Å²) in [5, 5.41) is 10.6. The molecule has 0 saturated heterocycles. The summed E-state index contributed by atoms with van der Waals surface area (Å²) in [6.07, 6.45) is 0. The van der Waals surface area contributed by atoms with Gasteiger partial charge >= 0.3 is 0 Å². The highest BCUT2D eigenvalue weighted by Crippen LogP contribution is 2.41. The molecule has 0 spiro atoms. The molecule has 2 aromatic heterocycles. The van der Waals surface area contributed by atoms with Gasteiger partial charge in [-0.05, 0) is 30.3 Å². The fourth-order valence-electron chi connectivity index (χ4n) is 3.36. The fourth-order valence-corrected chi connectivity index (χ4v) is 3.36. The predicted molar refractivity (Wildman–Crippen MR) is 117 cm³/mol. The molecule has 0 aliphatic heterocycles. The number of methoxy groups -OCH3 is 4. The summed E-state index contributed by atoms with van der Waals surface area (Å²) < 4.78 is 21.4. The third kappa shape index (κ3) is 3.89. The molecule has 2 aromatic carbocycles. The van der Waals surface area contributed by atoms with Crippen LogP contribution in [0.25, 0.3) is 22.3 Å². The van der Waals surface area contributed by atoms with E-state index in [1.807, 2.05) is 24.3 Å². The number of nitrogens with zero attached hydrogens (tertiary/aromatic N) is 2. The maximum Gasteiger partial charge on any atom is 0.268 e. The molecule has 10 nitrogen and oxygen atoms in total. The van der Waals surface area contributed by atoms with Crippen LogP contribution < -0.4 is 24.3 Å². The van der Waals surface area contributed by atoms with Crippen molar-refractivity contribution in [3.63, 3.8) is 0 Å². The van der Waals surface area contributed by atoms with E-state index in [1.165, 1.54) is 14.2 Å². The fraction of sp³-hybridized carbons (Fsp3) is 0.227. The van der Waals surface area contributed by atoms with Crippen LogP contribution in [0.1, 0.15) is 16.3 Å². The highest BCUT2D eigenvalue weighted by molar-refractivity contribution is 6.02. The van der Waals surface area contributed by atoms with Gasteiger partial charge in [0, 0.05) is 17.0 Å². The molecule has 0 fully saturated rings. The van der Waals surface area contributed by atoms with Gasteiger partial charge < -0.3 is 29.2 Å². The summed E-state index contributed by atoms with van der Waals surface area (Å²) in [6, 6.07) is 10.8. The zero-order valence-electron chi connectivity index (χ0n) is 18.1. The Kier molecular flexibility index (Phi) is 5.84. The van der Waals surface area contributed by atoms with Crippen LogP contribution in [0, 0.1) is 0 Å². The Hall–Kier alpha value is -4.21. The van der Waals surface area contributed by atoms with Crippen molar-refractivity contribution >= 4 is 16.8 Å². The van der Waals surface area contributed by atoms with Gasteiger partial charge in [-0.2, -0.15) is 5.10 Å². The van der Waals surface area contributed by atoms with Crippen molar-refractivity contribution < 1.29 is 23.7 Å². The van der Waals surface area contributed by atoms with Crippen molar-refractivity contribution in [3.05, 3.63) is 47.9 Å². The molecule has 166 valence electrons. The summed E-state index contributed by atoms with van der Waals surface area (Å²) >= 11 is 0. The molecule has 10 heteroatoms. The van der Waals surface area contributed by atoms with Gasteiger partial charge in [-0.3, -0.25) is 9.89 Å². The van der Waals surface area contributed by atoms with E-state index in [1.54, 1.807) is 26.4 Å². The van der Waals surface area contributed by atoms with E-state index < -0.39 is 0 Å². The van der Waals surface area contributed by atoms with Crippen LogP contribution >= 0.6 is 0 Å². The second-order valence-electron chi connectivity index (χ2n) is 6.80. The van der Waals surface area contributed by atoms with Gasteiger partial charge in [0.15, 0.2) is 17.3 Å². The molecule has 0 bridgehead atoms. The summed E-state index contributed by atoms with van der Waals surface area (Å²) in [4.78, 5) is 20.3. The van der Waals surface area contributed by atoms with E-state index >= 15 is 0 Å².